The molecule has 0 amide bonds. The fraction of sp³-hybridized carbons (Fsp3) is 0.294. The van der Waals surface area contributed by atoms with Crippen molar-refractivity contribution in [3.05, 3.63) is 46.5 Å². The molecule has 2 aromatic rings. The first-order valence-electron chi connectivity index (χ1n) is 7.36. The topological polar surface area (TPSA) is 41.9 Å². The van der Waals surface area contributed by atoms with Gasteiger partial charge in [0, 0.05) is 18.8 Å². The SMILES string of the molecule is Oc1ccc(N2CCc3cc4c(c(Cl)c3CC2)OCO4)cc1. The van der Waals surface area contributed by atoms with Gasteiger partial charge in [-0.15, -0.1) is 0 Å². The molecule has 2 aromatic carbocycles. The molecule has 114 valence electrons. The van der Waals surface area contributed by atoms with Gasteiger partial charge in [0.2, 0.25) is 6.79 Å². The second-order valence-electron chi connectivity index (χ2n) is 5.57. The zero-order chi connectivity index (χ0) is 15.1. The van der Waals surface area contributed by atoms with E-state index >= 15 is 0 Å². The average molecular weight is 318 g/mol. The molecule has 5 heteroatoms. The zero-order valence-corrected chi connectivity index (χ0v) is 12.8. The third-order valence-electron chi connectivity index (χ3n) is 4.30. The van der Waals surface area contributed by atoms with Crippen molar-refractivity contribution in [3.8, 4) is 17.2 Å². The zero-order valence-electron chi connectivity index (χ0n) is 12.0. The van der Waals surface area contributed by atoms with Crippen LogP contribution < -0.4 is 14.4 Å². The van der Waals surface area contributed by atoms with Crippen molar-refractivity contribution in [1.29, 1.82) is 0 Å². The van der Waals surface area contributed by atoms with E-state index in [-0.39, 0.29) is 12.5 Å². The number of anilines is 1. The maximum atomic E-state index is 9.42. The summed E-state index contributed by atoms with van der Waals surface area (Å²) in [5, 5.41) is 10.1. The van der Waals surface area contributed by atoms with Crippen LogP contribution in [0.25, 0.3) is 0 Å². The smallest absolute Gasteiger partial charge is 0.231 e. The van der Waals surface area contributed by atoms with Crippen molar-refractivity contribution in [2.24, 2.45) is 0 Å². The Balaban J connectivity index is 1.63. The van der Waals surface area contributed by atoms with Gasteiger partial charge in [0.25, 0.3) is 0 Å². The molecule has 2 heterocycles. The molecule has 0 spiro atoms. The Kier molecular flexibility index (Phi) is 3.26. The van der Waals surface area contributed by atoms with Crippen LogP contribution in [0, 0.1) is 0 Å². The normalized spacial score (nSPS) is 16.3. The van der Waals surface area contributed by atoms with Crippen LogP contribution in [0.4, 0.5) is 5.69 Å². The quantitative estimate of drug-likeness (QED) is 0.875. The highest BCUT2D eigenvalue weighted by Gasteiger charge is 2.25. The second-order valence-corrected chi connectivity index (χ2v) is 5.94. The minimum Gasteiger partial charge on any atom is -0.508 e. The van der Waals surface area contributed by atoms with E-state index < -0.39 is 0 Å². The van der Waals surface area contributed by atoms with Crippen molar-refractivity contribution in [2.75, 3.05) is 24.8 Å². The number of benzene rings is 2. The lowest BCUT2D eigenvalue weighted by molar-refractivity contribution is 0.174. The Hall–Kier alpha value is -2.07. The predicted molar refractivity (Wildman–Crippen MR) is 85.3 cm³/mol. The largest absolute Gasteiger partial charge is 0.508 e. The van der Waals surface area contributed by atoms with E-state index in [1.165, 1.54) is 5.56 Å². The molecular formula is C17H16ClNO3. The Morgan fingerprint density at radius 2 is 1.82 bits per heavy atom. The molecule has 0 saturated carbocycles. The molecule has 0 fully saturated rings. The van der Waals surface area contributed by atoms with E-state index in [0.717, 1.165) is 42.9 Å². The van der Waals surface area contributed by atoms with Crippen molar-refractivity contribution in [2.45, 2.75) is 12.8 Å². The van der Waals surface area contributed by atoms with Crippen LogP contribution >= 0.6 is 11.6 Å². The summed E-state index contributed by atoms with van der Waals surface area (Å²) in [6.45, 7) is 2.04. The molecule has 2 aliphatic rings. The maximum absolute atomic E-state index is 9.42. The first-order valence-corrected chi connectivity index (χ1v) is 7.74. The number of hydrogen-bond donors (Lipinski definition) is 1. The standard InChI is InChI=1S/C17H16ClNO3/c18-16-14-6-8-19(12-1-3-13(20)4-2-12)7-5-11(14)9-15-17(16)22-10-21-15/h1-4,9,20H,5-8,10H2. The van der Waals surface area contributed by atoms with Crippen molar-refractivity contribution < 1.29 is 14.6 Å². The van der Waals surface area contributed by atoms with E-state index in [2.05, 4.69) is 11.0 Å². The molecule has 4 nitrogen and oxygen atoms in total. The maximum Gasteiger partial charge on any atom is 0.231 e. The van der Waals surface area contributed by atoms with Crippen LogP contribution in [0.15, 0.2) is 30.3 Å². The molecule has 0 saturated heterocycles. The van der Waals surface area contributed by atoms with Gasteiger partial charge in [-0.3, -0.25) is 0 Å². The van der Waals surface area contributed by atoms with Gasteiger partial charge >= 0.3 is 0 Å². The van der Waals surface area contributed by atoms with Gasteiger partial charge in [0.05, 0.1) is 5.02 Å². The Morgan fingerprint density at radius 3 is 2.64 bits per heavy atom. The summed E-state index contributed by atoms with van der Waals surface area (Å²) in [7, 11) is 0. The predicted octanol–water partition coefficient (Wildman–Crippen LogP) is 3.38. The summed E-state index contributed by atoms with van der Waals surface area (Å²) in [5.74, 6) is 1.72. The number of halogens is 1. The summed E-state index contributed by atoms with van der Waals surface area (Å²) in [5.41, 5.74) is 3.50. The van der Waals surface area contributed by atoms with Gasteiger partial charge in [-0.2, -0.15) is 0 Å². The Labute approximate surface area is 133 Å². The molecule has 22 heavy (non-hydrogen) atoms. The molecule has 0 radical (unpaired) electrons. The number of phenols is 1. The fourth-order valence-corrected chi connectivity index (χ4v) is 3.48. The third-order valence-corrected chi connectivity index (χ3v) is 4.70. The molecule has 0 unspecified atom stereocenters. The third kappa shape index (κ3) is 2.24. The molecule has 4 rings (SSSR count). The summed E-state index contributed by atoms with van der Waals surface area (Å²) in [6.07, 6.45) is 1.78. The minimum absolute atomic E-state index is 0.248. The summed E-state index contributed by atoms with van der Waals surface area (Å²) < 4.78 is 10.9. The van der Waals surface area contributed by atoms with Gasteiger partial charge < -0.3 is 19.5 Å². The molecule has 0 aliphatic carbocycles. The lowest BCUT2D eigenvalue weighted by Gasteiger charge is -2.22. The number of ether oxygens (including phenoxy) is 2. The van der Waals surface area contributed by atoms with E-state index in [0.29, 0.717) is 10.8 Å². The average Bonchev–Trinajstić information content (AvgIpc) is 2.89. The minimum atomic E-state index is 0.248. The van der Waals surface area contributed by atoms with Crippen LogP contribution in [0.2, 0.25) is 5.02 Å². The Bertz CT molecular complexity index is 715. The van der Waals surface area contributed by atoms with Gasteiger partial charge in [0.15, 0.2) is 11.5 Å². The summed E-state index contributed by atoms with van der Waals surface area (Å²) in [4.78, 5) is 2.31. The highest BCUT2D eigenvalue weighted by Crippen LogP contribution is 2.43. The lowest BCUT2D eigenvalue weighted by Crippen LogP contribution is -2.25. The number of rotatable bonds is 1. The Morgan fingerprint density at radius 1 is 1.05 bits per heavy atom. The molecule has 0 bridgehead atoms. The highest BCUT2D eigenvalue weighted by atomic mass is 35.5. The summed E-state index contributed by atoms with van der Waals surface area (Å²) >= 11 is 6.50. The van der Waals surface area contributed by atoms with Crippen LogP contribution in [-0.4, -0.2) is 25.0 Å². The highest BCUT2D eigenvalue weighted by molar-refractivity contribution is 6.33. The summed E-state index contributed by atoms with van der Waals surface area (Å²) in [6, 6.07) is 9.38. The van der Waals surface area contributed by atoms with Gasteiger partial charge in [-0.25, -0.2) is 0 Å². The molecule has 2 aliphatic heterocycles. The molecule has 0 atom stereocenters. The van der Waals surface area contributed by atoms with Crippen LogP contribution in [0.5, 0.6) is 17.2 Å². The van der Waals surface area contributed by atoms with Gasteiger partial charge in [0.1, 0.15) is 5.75 Å². The van der Waals surface area contributed by atoms with Gasteiger partial charge in [-0.05, 0) is 54.3 Å². The van der Waals surface area contributed by atoms with E-state index in [1.807, 2.05) is 12.1 Å². The van der Waals surface area contributed by atoms with Gasteiger partial charge in [-0.1, -0.05) is 11.6 Å². The van der Waals surface area contributed by atoms with Crippen LogP contribution in [-0.2, 0) is 12.8 Å². The van der Waals surface area contributed by atoms with Crippen LogP contribution in [0.1, 0.15) is 11.1 Å². The number of nitrogens with zero attached hydrogens (tertiary/aromatic N) is 1. The number of fused-ring (bicyclic) bond motifs is 2. The number of aromatic hydroxyl groups is 1. The van der Waals surface area contributed by atoms with Crippen molar-refractivity contribution in [1.82, 2.24) is 0 Å². The molecule has 1 N–H and O–H groups in total. The molecular weight excluding hydrogens is 302 g/mol. The van der Waals surface area contributed by atoms with E-state index in [1.54, 1.807) is 12.1 Å². The number of phenolic OH excluding ortho intramolecular Hbond substituents is 1. The van der Waals surface area contributed by atoms with E-state index in [4.69, 9.17) is 21.1 Å². The lowest BCUT2D eigenvalue weighted by atomic mass is 10.0. The second kappa shape index (κ2) is 5.29. The first kappa shape index (κ1) is 13.6. The van der Waals surface area contributed by atoms with Crippen molar-refractivity contribution in [3.63, 3.8) is 0 Å². The monoisotopic (exact) mass is 317 g/mol. The molecule has 0 aromatic heterocycles. The fourth-order valence-electron chi connectivity index (χ4n) is 3.12. The first-order chi connectivity index (χ1) is 10.7. The van der Waals surface area contributed by atoms with Crippen LogP contribution in [0.3, 0.4) is 0 Å². The van der Waals surface area contributed by atoms with Crippen molar-refractivity contribution >= 4 is 17.3 Å². The number of hydrogen-bond acceptors (Lipinski definition) is 4. The van der Waals surface area contributed by atoms with E-state index in [9.17, 15) is 5.11 Å².